The molecule has 0 radical (unpaired) electrons. The lowest BCUT2D eigenvalue weighted by molar-refractivity contribution is 0.303. The second-order valence-electron chi connectivity index (χ2n) is 4.13. The number of alkyl halides is 1. The normalized spacial score (nSPS) is 10.4. The topological polar surface area (TPSA) is 18.5 Å². The van der Waals surface area contributed by atoms with Crippen LogP contribution in [0.4, 0.5) is 4.39 Å². The van der Waals surface area contributed by atoms with Crippen molar-refractivity contribution in [1.82, 2.24) is 0 Å². The molecule has 2 nitrogen and oxygen atoms in total. The summed E-state index contributed by atoms with van der Waals surface area (Å²) in [6.07, 6.45) is 0. The van der Waals surface area contributed by atoms with E-state index in [4.69, 9.17) is 32.7 Å². The van der Waals surface area contributed by atoms with Gasteiger partial charge in [0.15, 0.2) is 0 Å². The first-order chi connectivity index (χ1) is 9.63. The molecule has 0 heterocycles. The summed E-state index contributed by atoms with van der Waals surface area (Å²) < 4.78 is 23.8. The van der Waals surface area contributed by atoms with Crippen LogP contribution in [0.15, 0.2) is 36.4 Å². The zero-order chi connectivity index (χ0) is 14.5. The van der Waals surface area contributed by atoms with Crippen LogP contribution in [-0.2, 0) is 12.5 Å². The maximum Gasteiger partial charge on any atom is 0.124 e. The Kier molecular flexibility index (Phi) is 5.10. The lowest BCUT2D eigenvalue weighted by atomic mass is 10.2. The molecule has 0 saturated heterocycles. The van der Waals surface area contributed by atoms with Crippen LogP contribution >= 0.6 is 23.2 Å². The summed E-state index contributed by atoms with van der Waals surface area (Å²) in [6.45, 7) is 0.245. The molecule has 0 aliphatic rings. The summed E-state index contributed by atoms with van der Waals surface area (Å²) in [7, 11) is 1.59. The van der Waals surface area contributed by atoms with Crippen LogP contribution in [0, 0.1) is 5.82 Å². The molecular formula is C15H13Cl2FO2. The molecule has 0 spiro atoms. The summed E-state index contributed by atoms with van der Waals surface area (Å²) in [4.78, 5) is 0. The van der Waals surface area contributed by atoms with Crippen LogP contribution < -0.4 is 9.47 Å². The Morgan fingerprint density at radius 2 is 1.90 bits per heavy atom. The molecule has 0 unspecified atom stereocenters. The highest BCUT2D eigenvalue weighted by Gasteiger charge is 2.07. The number of halogens is 3. The Morgan fingerprint density at radius 1 is 1.10 bits per heavy atom. The molecule has 0 atom stereocenters. The van der Waals surface area contributed by atoms with Crippen molar-refractivity contribution in [2.45, 2.75) is 12.5 Å². The SMILES string of the molecule is COc1ccc(OCc2ccc(F)cc2Cl)c(CCl)c1. The van der Waals surface area contributed by atoms with E-state index in [1.165, 1.54) is 12.1 Å². The summed E-state index contributed by atoms with van der Waals surface area (Å²) in [5, 5.41) is 0.339. The van der Waals surface area contributed by atoms with E-state index in [2.05, 4.69) is 0 Å². The van der Waals surface area contributed by atoms with Crippen LogP contribution in [0.3, 0.4) is 0 Å². The highest BCUT2D eigenvalue weighted by atomic mass is 35.5. The van der Waals surface area contributed by atoms with Gasteiger partial charge in [0.2, 0.25) is 0 Å². The Labute approximate surface area is 127 Å². The quantitative estimate of drug-likeness (QED) is 0.738. The summed E-state index contributed by atoms with van der Waals surface area (Å²) >= 11 is 11.8. The highest BCUT2D eigenvalue weighted by Crippen LogP contribution is 2.27. The number of benzene rings is 2. The van der Waals surface area contributed by atoms with Crippen molar-refractivity contribution >= 4 is 23.2 Å². The van der Waals surface area contributed by atoms with Gasteiger partial charge in [-0.3, -0.25) is 0 Å². The van der Waals surface area contributed by atoms with Crippen LogP contribution in [0.25, 0.3) is 0 Å². The minimum absolute atomic E-state index is 0.245. The van der Waals surface area contributed by atoms with E-state index >= 15 is 0 Å². The van der Waals surface area contributed by atoms with Gasteiger partial charge in [-0.25, -0.2) is 4.39 Å². The number of rotatable bonds is 5. The molecule has 0 aromatic heterocycles. The van der Waals surface area contributed by atoms with E-state index in [0.29, 0.717) is 28.0 Å². The molecule has 5 heteroatoms. The van der Waals surface area contributed by atoms with Crippen LogP contribution in [0.5, 0.6) is 11.5 Å². The van der Waals surface area contributed by atoms with Gasteiger partial charge in [0.1, 0.15) is 23.9 Å². The summed E-state index contributed by atoms with van der Waals surface area (Å²) in [6, 6.07) is 9.60. The average Bonchev–Trinajstić information content (AvgIpc) is 2.46. The summed E-state index contributed by atoms with van der Waals surface area (Å²) in [5.41, 5.74) is 1.54. The van der Waals surface area contributed by atoms with Gasteiger partial charge in [0.05, 0.1) is 18.0 Å². The maximum atomic E-state index is 13.0. The molecule has 0 aliphatic heterocycles. The average molecular weight is 315 g/mol. The van der Waals surface area contributed by atoms with Gasteiger partial charge in [0, 0.05) is 11.1 Å². The van der Waals surface area contributed by atoms with Gasteiger partial charge in [0.25, 0.3) is 0 Å². The molecule has 2 aromatic carbocycles. The molecule has 0 amide bonds. The monoisotopic (exact) mass is 314 g/mol. The fourth-order valence-corrected chi connectivity index (χ4v) is 2.15. The van der Waals surface area contributed by atoms with E-state index in [0.717, 1.165) is 5.56 Å². The molecule has 2 aromatic rings. The Morgan fingerprint density at radius 3 is 2.55 bits per heavy atom. The standard InChI is InChI=1S/C15H13Cl2FO2/c1-19-13-4-5-15(11(6-13)8-16)20-9-10-2-3-12(18)7-14(10)17/h2-7H,8-9H2,1H3. The lowest BCUT2D eigenvalue weighted by Crippen LogP contribution is -1.99. The Hall–Kier alpha value is -1.45. The Bertz CT molecular complexity index is 602. The van der Waals surface area contributed by atoms with E-state index in [9.17, 15) is 4.39 Å². The number of methoxy groups -OCH3 is 1. The first-order valence-corrected chi connectivity index (χ1v) is 6.85. The predicted molar refractivity (Wildman–Crippen MR) is 78.3 cm³/mol. The van der Waals surface area contributed by atoms with Gasteiger partial charge in [-0.2, -0.15) is 0 Å². The lowest BCUT2D eigenvalue weighted by Gasteiger charge is -2.12. The molecule has 2 rings (SSSR count). The smallest absolute Gasteiger partial charge is 0.124 e. The van der Waals surface area contributed by atoms with Crippen molar-refractivity contribution in [2.75, 3.05) is 7.11 Å². The first kappa shape index (κ1) is 14.9. The van der Waals surface area contributed by atoms with Gasteiger partial charge < -0.3 is 9.47 Å². The fourth-order valence-electron chi connectivity index (χ4n) is 1.72. The van der Waals surface area contributed by atoms with Crippen molar-refractivity contribution in [2.24, 2.45) is 0 Å². The maximum absolute atomic E-state index is 13.0. The largest absolute Gasteiger partial charge is 0.497 e. The molecule has 0 saturated carbocycles. The van der Waals surface area contributed by atoms with Crippen LogP contribution in [-0.4, -0.2) is 7.11 Å². The van der Waals surface area contributed by atoms with Gasteiger partial charge in [-0.1, -0.05) is 17.7 Å². The van der Waals surface area contributed by atoms with E-state index in [1.54, 1.807) is 25.3 Å². The number of hydrogen-bond acceptors (Lipinski definition) is 2. The third kappa shape index (κ3) is 3.56. The molecule has 0 fully saturated rings. The Balaban J connectivity index is 2.14. The van der Waals surface area contributed by atoms with Crippen LogP contribution in [0.1, 0.15) is 11.1 Å². The summed E-state index contributed by atoms with van der Waals surface area (Å²) in [5.74, 6) is 1.31. The molecule has 106 valence electrons. The van der Waals surface area contributed by atoms with Gasteiger partial charge in [-0.05, 0) is 30.3 Å². The molecule has 20 heavy (non-hydrogen) atoms. The molecular weight excluding hydrogens is 302 g/mol. The van der Waals surface area contributed by atoms with Gasteiger partial charge >= 0.3 is 0 Å². The van der Waals surface area contributed by atoms with Crippen molar-refractivity contribution in [3.8, 4) is 11.5 Å². The zero-order valence-corrected chi connectivity index (χ0v) is 12.3. The van der Waals surface area contributed by atoms with Crippen molar-refractivity contribution in [1.29, 1.82) is 0 Å². The second-order valence-corrected chi connectivity index (χ2v) is 4.81. The number of ether oxygens (including phenoxy) is 2. The van der Waals surface area contributed by atoms with Crippen molar-refractivity contribution in [3.63, 3.8) is 0 Å². The van der Waals surface area contributed by atoms with Crippen molar-refractivity contribution in [3.05, 3.63) is 58.4 Å². The van der Waals surface area contributed by atoms with Gasteiger partial charge in [-0.15, -0.1) is 11.6 Å². The van der Waals surface area contributed by atoms with E-state index < -0.39 is 0 Å². The molecule has 0 N–H and O–H groups in total. The van der Waals surface area contributed by atoms with Crippen LogP contribution in [0.2, 0.25) is 5.02 Å². The third-order valence-corrected chi connectivity index (χ3v) is 3.45. The third-order valence-electron chi connectivity index (χ3n) is 2.81. The zero-order valence-electron chi connectivity index (χ0n) is 10.8. The molecule has 0 bridgehead atoms. The second kappa shape index (κ2) is 6.82. The van der Waals surface area contributed by atoms with Crippen molar-refractivity contribution < 1.29 is 13.9 Å². The molecule has 0 aliphatic carbocycles. The van der Waals surface area contributed by atoms with E-state index in [1.807, 2.05) is 6.07 Å². The number of hydrogen-bond donors (Lipinski definition) is 0. The fraction of sp³-hybridized carbons (Fsp3) is 0.200. The van der Waals surface area contributed by atoms with E-state index in [-0.39, 0.29) is 12.4 Å². The first-order valence-electron chi connectivity index (χ1n) is 5.93. The highest BCUT2D eigenvalue weighted by molar-refractivity contribution is 6.31. The minimum atomic E-state index is -0.371. The minimum Gasteiger partial charge on any atom is -0.497 e. The predicted octanol–water partition coefficient (Wildman–Crippen LogP) is 4.81.